The molecular weight excluding hydrogens is 442 g/mol. The Morgan fingerprint density at radius 1 is 0.875 bits per heavy atom. The molecule has 1 aromatic carbocycles. The van der Waals surface area contributed by atoms with Gasteiger partial charge in [-0.15, -0.1) is 0 Å². The molecule has 32 heavy (non-hydrogen) atoms. The maximum Gasteiger partial charge on any atom is 0.416 e. The highest BCUT2D eigenvalue weighted by molar-refractivity contribution is 5.92. The van der Waals surface area contributed by atoms with Crippen molar-refractivity contribution in [3.63, 3.8) is 0 Å². The fourth-order valence-corrected chi connectivity index (χ4v) is 3.90. The Balaban J connectivity index is 1.70. The van der Waals surface area contributed by atoms with Gasteiger partial charge in [0.05, 0.1) is 11.1 Å². The van der Waals surface area contributed by atoms with E-state index in [0.717, 1.165) is 37.9 Å². The van der Waals surface area contributed by atoms with Crippen LogP contribution < -0.4 is 10.2 Å². The second kappa shape index (κ2) is 9.16. The predicted octanol–water partition coefficient (Wildman–Crippen LogP) is 3.42. The highest BCUT2D eigenvalue weighted by atomic mass is 19.4. The highest BCUT2D eigenvalue weighted by Gasteiger charge is 2.38. The number of amides is 3. The van der Waals surface area contributed by atoms with Crippen LogP contribution >= 0.6 is 0 Å². The molecule has 0 bridgehead atoms. The first kappa shape index (κ1) is 24.1. The molecule has 0 unspecified atom stereocenters. The number of carbonyl (C=O) groups is 2. The summed E-state index contributed by atoms with van der Waals surface area (Å²) >= 11 is 0. The van der Waals surface area contributed by atoms with Gasteiger partial charge in [-0.1, -0.05) is 0 Å². The molecule has 12 heteroatoms. The number of carbonyl (C=O) groups excluding carboxylic acids is 2. The van der Waals surface area contributed by atoms with Crippen molar-refractivity contribution in [2.24, 2.45) is 5.92 Å². The van der Waals surface area contributed by atoms with E-state index in [-0.39, 0.29) is 44.1 Å². The second-order valence-electron chi connectivity index (χ2n) is 7.94. The maximum absolute atomic E-state index is 13.1. The van der Waals surface area contributed by atoms with Gasteiger partial charge >= 0.3 is 18.4 Å². The molecule has 0 spiro atoms. The molecule has 2 saturated heterocycles. The molecule has 178 valence electrons. The largest absolute Gasteiger partial charge is 0.416 e. The van der Waals surface area contributed by atoms with E-state index < -0.39 is 35.2 Å². The van der Waals surface area contributed by atoms with Crippen molar-refractivity contribution in [1.82, 2.24) is 15.1 Å². The third-order valence-electron chi connectivity index (χ3n) is 5.80. The Morgan fingerprint density at radius 2 is 1.34 bits per heavy atom. The molecule has 3 amide bonds. The molecule has 0 aromatic heterocycles. The number of alkyl halides is 6. The summed E-state index contributed by atoms with van der Waals surface area (Å²) in [5.74, 6) is -0.0632. The van der Waals surface area contributed by atoms with Gasteiger partial charge in [0.1, 0.15) is 0 Å². The molecule has 0 atom stereocenters. The summed E-state index contributed by atoms with van der Waals surface area (Å²) in [6.07, 6.45) is -8.53. The smallest absolute Gasteiger partial charge is 0.339 e. The lowest BCUT2D eigenvalue weighted by Gasteiger charge is -2.38. The standard InChI is InChI=1S/C20H24F6N4O2/c1-28(16-11-14(19(21,22)23)10-15(12-16)20(24,25)26)18(32)30-8-6-29(7-9-30)17(31)13-2-4-27-5-3-13/h10-13,27H,2-9H2,1H3. The van der Waals surface area contributed by atoms with Gasteiger partial charge in [-0.2, -0.15) is 26.3 Å². The van der Waals surface area contributed by atoms with Crippen LogP contribution in [0.1, 0.15) is 24.0 Å². The van der Waals surface area contributed by atoms with Crippen LogP contribution in [0.2, 0.25) is 0 Å². The van der Waals surface area contributed by atoms with Crippen molar-refractivity contribution in [1.29, 1.82) is 0 Å². The summed E-state index contributed by atoms with van der Waals surface area (Å²) in [6.45, 7) is 2.33. The number of benzene rings is 1. The van der Waals surface area contributed by atoms with Gasteiger partial charge in [-0.05, 0) is 44.1 Å². The van der Waals surface area contributed by atoms with Gasteiger partial charge < -0.3 is 15.1 Å². The van der Waals surface area contributed by atoms with Crippen LogP contribution in [0.3, 0.4) is 0 Å². The van der Waals surface area contributed by atoms with Crippen LogP contribution in [0.15, 0.2) is 18.2 Å². The minimum absolute atomic E-state index is 0.0136. The van der Waals surface area contributed by atoms with E-state index in [1.54, 1.807) is 4.90 Å². The summed E-state index contributed by atoms with van der Waals surface area (Å²) < 4.78 is 78.6. The number of urea groups is 1. The molecule has 1 aromatic rings. The molecule has 2 heterocycles. The first-order chi connectivity index (χ1) is 14.9. The van der Waals surface area contributed by atoms with Crippen LogP contribution in [0.25, 0.3) is 0 Å². The lowest BCUT2D eigenvalue weighted by molar-refractivity contribution is -0.143. The monoisotopic (exact) mass is 466 g/mol. The van der Waals surface area contributed by atoms with Crippen LogP contribution in [-0.4, -0.2) is 68.1 Å². The number of hydrogen-bond donors (Lipinski definition) is 1. The lowest BCUT2D eigenvalue weighted by Crippen LogP contribution is -2.55. The molecule has 6 nitrogen and oxygen atoms in total. The molecule has 2 aliphatic rings. The zero-order valence-electron chi connectivity index (χ0n) is 17.4. The molecule has 0 radical (unpaired) electrons. The third-order valence-corrected chi connectivity index (χ3v) is 5.80. The molecule has 3 rings (SSSR count). The van der Waals surface area contributed by atoms with Crippen molar-refractivity contribution in [3.05, 3.63) is 29.3 Å². The fourth-order valence-electron chi connectivity index (χ4n) is 3.90. The van der Waals surface area contributed by atoms with Gasteiger partial charge in [0, 0.05) is 44.8 Å². The molecule has 0 aliphatic carbocycles. The topological polar surface area (TPSA) is 55.9 Å². The van der Waals surface area contributed by atoms with Crippen molar-refractivity contribution in [2.75, 3.05) is 51.2 Å². The van der Waals surface area contributed by atoms with Crippen molar-refractivity contribution >= 4 is 17.6 Å². The summed E-state index contributed by atoms with van der Waals surface area (Å²) in [4.78, 5) is 29.1. The Morgan fingerprint density at radius 3 is 1.81 bits per heavy atom. The van der Waals surface area contributed by atoms with E-state index in [0.29, 0.717) is 12.1 Å². The van der Waals surface area contributed by atoms with Crippen molar-refractivity contribution in [3.8, 4) is 0 Å². The van der Waals surface area contributed by atoms with Crippen molar-refractivity contribution < 1.29 is 35.9 Å². The highest BCUT2D eigenvalue weighted by Crippen LogP contribution is 2.38. The number of rotatable bonds is 2. The Hall–Kier alpha value is -2.50. The van der Waals surface area contributed by atoms with Crippen LogP contribution in [0.4, 0.5) is 36.8 Å². The number of piperazine rings is 1. The van der Waals surface area contributed by atoms with Gasteiger partial charge in [0.15, 0.2) is 0 Å². The van der Waals surface area contributed by atoms with Crippen molar-refractivity contribution in [2.45, 2.75) is 25.2 Å². The van der Waals surface area contributed by atoms with Gasteiger partial charge in [-0.3, -0.25) is 9.69 Å². The van der Waals surface area contributed by atoms with E-state index in [2.05, 4.69) is 5.32 Å². The molecule has 0 saturated carbocycles. The molecule has 1 N–H and O–H groups in total. The van der Waals surface area contributed by atoms with Crippen LogP contribution in [0.5, 0.6) is 0 Å². The van der Waals surface area contributed by atoms with E-state index >= 15 is 0 Å². The number of nitrogens with one attached hydrogen (secondary N) is 1. The summed E-state index contributed by atoms with van der Waals surface area (Å²) in [5, 5.41) is 3.18. The maximum atomic E-state index is 13.1. The minimum atomic E-state index is -5.00. The summed E-state index contributed by atoms with van der Waals surface area (Å²) in [5.41, 5.74) is -3.48. The third kappa shape index (κ3) is 5.45. The summed E-state index contributed by atoms with van der Waals surface area (Å²) in [7, 11) is 1.13. The van der Waals surface area contributed by atoms with Gasteiger partial charge in [0.25, 0.3) is 0 Å². The van der Waals surface area contributed by atoms with Gasteiger partial charge in [0.2, 0.25) is 5.91 Å². The zero-order valence-corrected chi connectivity index (χ0v) is 17.4. The van der Waals surface area contributed by atoms with Crippen LogP contribution in [0, 0.1) is 5.92 Å². The number of hydrogen-bond acceptors (Lipinski definition) is 3. The van der Waals surface area contributed by atoms with E-state index in [1.807, 2.05) is 0 Å². The van der Waals surface area contributed by atoms with Gasteiger partial charge in [-0.25, -0.2) is 4.79 Å². The molecular formula is C20H24F6N4O2. The van der Waals surface area contributed by atoms with E-state index in [1.165, 1.54) is 4.90 Å². The number of anilines is 1. The normalized spacial score (nSPS) is 18.6. The lowest BCUT2D eigenvalue weighted by atomic mass is 9.96. The Bertz CT molecular complexity index is 811. The predicted molar refractivity (Wildman–Crippen MR) is 104 cm³/mol. The number of nitrogens with zero attached hydrogens (tertiary/aromatic N) is 3. The molecule has 2 aliphatic heterocycles. The number of piperidine rings is 1. The van der Waals surface area contributed by atoms with E-state index in [9.17, 15) is 35.9 Å². The SMILES string of the molecule is CN(C(=O)N1CCN(C(=O)C2CCNCC2)CC1)c1cc(C(F)(F)F)cc(C(F)(F)F)c1. The fraction of sp³-hybridized carbons (Fsp3) is 0.600. The number of halogens is 6. The van der Waals surface area contributed by atoms with Crippen LogP contribution in [-0.2, 0) is 17.1 Å². The van der Waals surface area contributed by atoms with E-state index in [4.69, 9.17) is 0 Å². The average molecular weight is 466 g/mol. The average Bonchev–Trinajstić information content (AvgIpc) is 2.77. The first-order valence-electron chi connectivity index (χ1n) is 10.2. The quantitative estimate of drug-likeness (QED) is 0.680. The first-order valence-corrected chi connectivity index (χ1v) is 10.2. The second-order valence-corrected chi connectivity index (χ2v) is 7.94. The Labute approximate surface area is 181 Å². The minimum Gasteiger partial charge on any atom is -0.339 e. The Kier molecular flexibility index (Phi) is 6.91. The zero-order chi connectivity index (χ0) is 23.7. The summed E-state index contributed by atoms with van der Waals surface area (Å²) in [6, 6.07) is 0.326. The molecule has 2 fully saturated rings.